The van der Waals surface area contributed by atoms with E-state index in [2.05, 4.69) is 22.2 Å². The highest BCUT2D eigenvalue weighted by atomic mass is 19.1. The van der Waals surface area contributed by atoms with E-state index in [4.69, 9.17) is 16.2 Å². The van der Waals surface area contributed by atoms with E-state index in [0.29, 0.717) is 17.9 Å². The number of benzene rings is 2. The molecule has 0 aliphatic carbocycles. The number of hydrogen-bond acceptors (Lipinski definition) is 8. The van der Waals surface area contributed by atoms with Crippen LogP contribution in [-0.2, 0) is 11.3 Å². The van der Waals surface area contributed by atoms with Crippen molar-refractivity contribution in [1.29, 1.82) is 0 Å². The normalized spacial score (nSPS) is 16.5. The molecule has 2 atom stereocenters. The summed E-state index contributed by atoms with van der Waals surface area (Å²) in [5.74, 6) is -0.604. The van der Waals surface area contributed by atoms with Crippen LogP contribution in [0.2, 0.25) is 0 Å². The van der Waals surface area contributed by atoms with Crippen LogP contribution in [-0.4, -0.2) is 73.4 Å². The number of phenolic OH excluding ortho intramolecular Hbond substituents is 1. The molecular formula is C28H43FN6O3. The van der Waals surface area contributed by atoms with Gasteiger partial charge in [-0.1, -0.05) is 19.9 Å². The molecular weight excluding hydrogens is 487 g/mol. The van der Waals surface area contributed by atoms with E-state index in [1.807, 2.05) is 33.8 Å². The van der Waals surface area contributed by atoms with Crippen LogP contribution >= 0.6 is 0 Å². The number of likely N-dealkylation sites (N-methyl/N-ethyl adjacent to an activating group) is 1. The lowest BCUT2D eigenvalue weighted by Gasteiger charge is -2.37. The Kier molecular flexibility index (Phi) is 9.94. The zero-order chi connectivity index (χ0) is 28.1. The number of piperazine rings is 1. The third kappa shape index (κ3) is 6.93. The first-order chi connectivity index (χ1) is 17.9. The van der Waals surface area contributed by atoms with Gasteiger partial charge in [-0.3, -0.25) is 9.69 Å². The van der Waals surface area contributed by atoms with Gasteiger partial charge in [-0.25, -0.2) is 4.39 Å². The van der Waals surface area contributed by atoms with E-state index in [-0.39, 0.29) is 23.4 Å². The van der Waals surface area contributed by atoms with Gasteiger partial charge in [-0.15, -0.1) is 0 Å². The second-order valence-electron chi connectivity index (χ2n) is 10.6. The molecule has 1 saturated heterocycles. The minimum absolute atomic E-state index is 0.0634. The lowest BCUT2D eigenvalue weighted by molar-refractivity contribution is -0.123. The largest absolute Gasteiger partial charge is 0.507 e. The van der Waals surface area contributed by atoms with Crippen molar-refractivity contribution < 1.29 is 19.0 Å². The molecule has 1 amide bonds. The molecule has 1 aliphatic rings. The molecule has 6 N–H and O–H groups in total. The molecule has 210 valence electrons. The number of phenols is 1. The van der Waals surface area contributed by atoms with Crippen molar-refractivity contribution in [3.63, 3.8) is 0 Å². The Morgan fingerprint density at radius 2 is 1.76 bits per heavy atom. The number of carbonyl (C=O) groups excluding carboxylic acids is 1. The molecule has 1 aliphatic heterocycles. The maximum absolute atomic E-state index is 15.7. The fraction of sp³-hybridized carbons (Fsp3) is 0.536. The quantitative estimate of drug-likeness (QED) is 0.346. The van der Waals surface area contributed by atoms with Crippen LogP contribution in [0.5, 0.6) is 11.5 Å². The van der Waals surface area contributed by atoms with Gasteiger partial charge in [0, 0.05) is 50.4 Å². The van der Waals surface area contributed by atoms with E-state index in [1.54, 1.807) is 12.1 Å². The molecule has 2 aromatic carbocycles. The van der Waals surface area contributed by atoms with Crippen molar-refractivity contribution in [2.45, 2.75) is 58.5 Å². The number of ether oxygens (including phenoxy) is 1. The van der Waals surface area contributed by atoms with Gasteiger partial charge < -0.3 is 36.4 Å². The van der Waals surface area contributed by atoms with Crippen LogP contribution in [0.3, 0.4) is 0 Å². The Morgan fingerprint density at radius 1 is 1.11 bits per heavy atom. The number of nitrogens with two attached hydrogens (primary N) is 2. The molecule has 10 heteroatoms. The number of carbonyl (C=O) groups is 1. The summed E-state index contributed by atoms with van der Waals surface area (Å²) in [5.41, 5.74) is 15.1. The molecule has 3 rings (SSSR count). The van der Waals surface area contributed by atoms with Crippen LogP contribution in [0.25, 0.3) is 0 Å². The lowest BCUT2D eigenvalue weighted by Crippen LogP contribution is -2.57. The van der Waals surface area contributed by atoms with E-state index in [9.17, 15) is 9.90 Å². The average Bonchev–Trinajstić information content (AvgIpc) is 2.85. The van der Waals surface area contributed by atoms with Crippen molar-refractivity contribution in [1.82, 2.24) is 15.1 Å². The highest BCUT2D eigenvalue weighted by Gasteiger charge is 2.32. The number of anilines is 1. The number of nitrogens with one attached hydrogen (secondary N) is 1. The van der Waals surface area contributed by atoms with Crippen molar-refractivity contribution in [3.8, 4) is 11.5 Å². The Morgan fingerprint density at radius 3 is 2.32 bits per heavy atom. The SMILES string of the molecule is COc1cc(O)c(C(N)N(c2ccc(CN3CCN(C)CC3)cc2F)C(N)C(=O)NC(C)C)cc1C(C)C. The second-order valence-corrected chi connectivity index (χ2v) is 10.6. The lowest BCUT2D eigenvalue weighted by atomic mass is 9.97. The van der Waals surface area contributed by atoms with E-state index < -0.39 is 24.1 Å². The van der Waals surface area contributed by atoms with Crippen LogP contribution in [0.1, 0.15) is 56.5 Å². The molecule has 0 radical (unpaired) electrons. The van der Waals surface area contributed by atoms with E-state index in [0.717, 1.165) is 37.3 Å². The standard InChI is InChI=1S/C28H43FN6O3/c1-17(2)20-14-21(24(36)15-25(20)38-6)26(30)35(27(31)28(37)32-18(3)4)23-8-7-19(13-22(23)29)16-34-11-9-33(5)10-12-34/h7-8,13-15,17-18,26-27,36H,9-12,16,30-31H2,1-6H3,(H,32,37). The predicted octanol–water partition coefficient (Wildman–Crippen LogP) is 2.68. The summed E-state index contributed by atoms with van der Waals surface area (Å²) in [5, 5.41) is 13.6. The molecule has 0 spiro atoms. The Balaban J connectivity index is 2.01. The monoisotopic (exact) mass is 530 g/mol. The van der Waals surface area contributed by atoms with Gasteiger partial charge in [-0.2, -0.15) is 0 Å². The topological polar surface area (TPSA) is 120 Å². The Hall–Kier alpha value is -2.92. The van der Waals surface area contributed by atoms with Crippen molar-refractivity contribution in [2.24, 2.45) is 11.5 Å². The summed E-state index contributed by atoms with van der Waals surface area (Å²) in [4.78, 5) is 18.8. The molecule has 9 nitrogen and oxygen atoms in total. The van der Waals surface area contributed by atoms with Crippen LogP contribution in [0, 0.1) is 5.82 Å². The van der Waals surface area contributed by atoms with E-state index in [1.165, 1.54) is 24.1 Å². The number of amides is 1. The summed E-state index contributed by atoms with van der Waals surface area (Å²) < 4.78 is 21.1. The number of methoxy groups -OCH3 is 1. The summed E-state index contributed by atoms with van der Waals surface area (Å²) >= 11 is 0. The zero-order valence-electron chi connectivity index (χ0n) is 23.4. The molecule has 1 fully saturated rings. The van der Waals surface area contributed by atoms with Gasteiger partial charge >= 0.3 is 0 Å². The number of hydrogen-bond donors (Lipinski definition) is 4. The summed E-state index contributed by atoms with van der Waals surface area (Å²) in [7, 11) is 3.62. The highest BCUT2D eigenvalue weighted by Crippen LogP contribution is 2.38. The summed E-state index contributed by atoms with van der Waals surface area (Å²) in [6, 6.07) is 7.93. The van der Waals surface area contributed by atoms with Gasteiger partial charge in [0.05, 0.1) is 12.8 Å². The fourth-order valence-corrected chi connectivity index (χ4v) is 4.71. The molecule has 0 bridgehead atoms. The smallest absolute Gasteiger partial charge is 0.257 e. The van der Waals surface area contributed by atoms with Crippen LogP contribution in [0.4, 0.5) is 10.1 Å². The molecule has 2 aromatic rings. The maximum atomic E-state index is 15.7. The van der Waals surface area contributed by atoms with Crippen molar-refractivity contribution in [3.05, 3.63) is 52.8 Å². The molecule has 0 saturated carbocycles. The Bertz CT molecular complexity index is 1100. The van der Waals surface area contributed by atoms with Crippen molar-refractivity contribution in [2.75, 3.05) is 45.2 Å². The zero-order valence-corrected chi connectivity index (χ0v) is 23.4. The maximum Gasteiger partial charge on any atom is 0.257 e. The van der Waals surface area contributed by atoms with Gasteiger partial charge in [0.15, 0.2) is 6.17 Å². The first-order valence-corrected chi connectivity index (χ1v) is 13.1. The van der Waals surface area contributed by atoms with Crippen LogP contribution < -0.4 is 26.4 Å². The molecule has 0 aromatic heterocycles. The highest BCUT2D eigenvalue weighted by molar-refractivity contribution is 5.85. The van der Waals surface area contributed by atoms with Crippen molar-refractivity contribution >= 4 is 11.6 Å². The third-order valence-corrected chi connectivity index (χ3v) is 6.91. The molecule has 1 heterocycles. The number of halogens is 1. The second kappa shape index (κ2) is 12.8. The van der Waals surface area contributed by atoms with Gasteiger partial charge in [0.1, 0.15) is 23.5 Å². The minimum atomic E-state index is -1.31. The average molecular weight is 531 g/mol. The first-order valence-electron chi connectivity index (χ1n) is 13.1. The third-order valence-electron chi connectivity index (χ3n) is 6.91. The number of rotatable bonds is 10. The molecule has 2 unspecified atom stereocenters. The van der Waals surface area contributed by atoms with Gasteiger partial charge in [-0.05, 0) is 56.1 Å². The first kappa shape index (κ1) is 29.6. The molecule has 38 heavy (non-hydrogen) atoms. The summed E-state index contributed by atoms with van der Waals surface area (Å²) in [6.45, 7) is 12.0. The number of nitrogens with zero attached hydrogens (tertiary/aromatic N) is 3. The number of aromatic hydroxyl groups is 1. The van der Waals surface area contributed by atoms with E-state index >= 15 is 4.39 Å². The predicted molar refractivity (Wildman–Crippen MR) is 149 cm³/mol. The van der Waals surface area contributed by atoms with Crippen LogP contribution in [0.15, 0.2) is 30.3 Å². The fourth-order valence-electron chi connectivity index (χ4n) is 4.71. The summed E-state index contributed by atoms with van der Waals surface area (Å²) in [6.07, 6.45) is -2.43. The minimum Gasteiger partial charge on any atom is -0.507 e. The van der Waals surface area contributed by atoms with Gasteiger partial charge in [0.2, 0.25) is 0 Å². The van der Waals surface area contributed by atoms with Gasteiger partial charge in [0.25, 0.3) is 5.91 Å². The Labute approximate surface area is 225 Å².